The molecular formula is C53H126O16Si16. The number of hydrogen-bond donors (Lipinski definition) is 0. The van der Waals surface area contributed by atoms with Crippen LogP contribution in [-0.4, -0.2) is 167 Å². The predicted molar refractivity (Wildman–Crippen MR) is 402 cm³/mol. The molecule has 2 rings (SSSR count). The highest BCUT2D eigenvalue weighted by Gasteiger charge is 2.54. The van der Waals surface area contributed by atoms with Gasteiger partial charge in [0, 0.05) is 7.11 Å². The third-order valence-electron chi connectivity index (χ3n) is 11.7. The van der Waals surface area contributed by atoms with Gasteiger partial charge in [0.25, 0.3) is 8.32 Å². The van der Waals surface area contributed by atoms with Gasteiger partial charge in [0.1, 0.15) is 0 Å². The summed E-state index contributed by atoms with van der Waals surface area (Å²) in [6, 6.07) is 0. The van der Waals surface area contributed by atoms with Gasteiger partial charge in [0.05, 0.1) is 37.4 Å². The third-order valence-corrected chi connectivity index (χ3v) is 61.5. The Bertz CT molecular complexity index is 1980. The Hall–Kier alpha value is -0.0899. The lowest BCUT2D eigenvalue weighted by molar-refractivity contribution is 0.238. The topological polar surface area (TPSA) is 148 Å². The van der Waals surface area contributed by atoms with E-state index in [0.29, 0.717) is 18.7 Å². The van der Waals surface area contributed by atoms with Crippen molar-refractivity contribution in [2.75, 3.05) is 32.0 Å². The van der Waals surface area contributed by atoms with Crippen molar-refractivity contribution in [2.24, 2.45) is 0 Å². The average molecular weight is 1470 g/mol. The van der Waals surface area contributed by atoms with Gasteiger partial charge in [0.2, 0.25) is 41.6 Å². The molecule has 0 radical (unpaired) electrons. The van der Waals surface area contributed by atoms with Gasteiger partial charge in [0.15, 0.2) is 8.32 Å². The smallest absolute Gasteiger partial charge is 0.381 e. The zero-order valence-corrected chi connectivity index (χ0v) is 74.2. The molecule has 2 atom stereocenters. The van der Waals surface area contributed by atoms with Crippen LogP contribution in [0.25, 0.3) is 0 Å². The Labute approximate surface area is 539 Å². The van der Waals surface area contributed by atoms with Crippen LogP contribution >= 0.6 is 0 Å². The Balaban J connectivity index is -0.000000493. The zero-order chi connectivity index (χ0) is 67.2. The molecule has 0 aromatic rings. The Morgan fingerprint density at radius 1 is 0.341 bits per heavy atom. The van der Waals surface area contributed by atoms with Crippen LogP contribution in [0.1, 0.15) is 7.43 Å². The zero-order valence-electron chi connectivity index (χ0n) is 58.2. The SMILES string of the molecule is C.C=CO[Si](C)(C)CO[Si](C)(C=C)CO[Si](C)(C)CO[Si](C)(C)C=C.C=CO[Si](C)(C)O[Si](C)(C)C=C.C=C[Si](C)(CO[Si](C)(C)C)OC.C=C[Si]1(C)O[Si](C)(C=C)O[Si](C)(C=C)O[Si](C)(C=C)O1.C[Si]1(C)O[Si](C)(C)O[Si](C)(C)O[Si](C)(C)O1. The minimum atomic E-state index is -2.60. The molecular weight excluding hydrogens is 1340 g/mol. The summed E-state index contributed by atoms with van der Waals surface area (Å²) in [4.78, 5) is 0. The number of rotatable bonds is 27. The number of hydrogen-bond acceptors (Lipinski definition) is 16. The molecule has 32 heteroatoms. The fourth-order valence-electron chi connectivity index (χ4n) is 7.50. The highest BCUT2D eigenvalue weighted by Crippen LogP contribution is 2.33. The normalized spacial score (nSPS) is 25.2. The van der Waals surface area contributed by atoms with E-state index in [-0.39, 0.29) is 7.43 Å². The van der Waals surface area contributed by atoms with Crippen LogP contribution in [0.4, 0.5) is 0 Å². The van der Waals surface area contributed by atoms with Gasteiger partial charge in [-0.3, -0.25) is 0 Å². The molecule has 498 valence electrons. The maximum Gasteiger partial charge on any atom is 0.381 e. The quantitative estimate of drug-likeness (QED) is 0.0567. The highest BCUT2D eigenvalue weighted by atomic mass is 28.5. The molecule has 85 heavy (non-hydrogen) atoms. The standard InChI is InChI=1S/C16H36O4Si4.C12H24O4Si4.C8H24O4Si4.C8H20O2Si2.C8H18O2Si2.CH4/c1-11-17-22(6,7)15-20-24(10,13-3)16-19-23(8,9)14-18-21(4,5)12-2;1-9-17(5)13-18(6,10-2)15-20(8,12-4)16-19(7,11-3)14-17;1-13(2)9-14(3,4)11-16(7,8)12-15(5,6)10-13;1-7-12(6,9-2)8-10-11(3,4)5;1-7-9-12(5,6)10-11(3,4)8-2;/h11-13H,1-3,14-16H2,4-10H3;9-12H,1-4H2,5-8H3;1-8H3;7H,1,8H2,2-6H3;7-8H,1-2H2,3-6H3;1H4. The third kappa shape index (κ3) is 41.2. The van der Waals surface area contributed by atoms with Gasteiger partial charge in [-0.15, -0.1) is 52.6 Å². The van der Waals surface area contributed by atoms with E-state index in [4.69, 9.17) is 68.0 Å². The minimum Gasteiger partial charge on any atom is -0.548 e. The molecule has 0 aliphatic carbocycles. The molecule has 16 nitrogen and oxygen atoms in total. The summed E-state index contributed by atoms with van der Waals surface area (Å²) in [5, 5.41) is 0. The molecule has 0 aromatic heterocycles. The minimum absolute atomic E-state index is 0. The van der Waals surface area contributed by atoms with E-state index in [2.05, 4.69) is 203 Å². The summed E-state index contributed by atoms with van der Waals surface area (Å²) >= 11 is 0. The van der Waals surface area contributed by atoms with Gasteiger partial charge in [-0.1, -0.05) is 66.2 Å². The van der Waals surface area contributed by atoms with Gasteiger partial charge < -0.3 is 68.0 Å². The second-order valence-electron chi connectivity index (χ2n) is 27.0. The van der Waals surface area contributed by atoms with Crippen LogP contribution in [0.3, 0.4) is 0 Å². The lowest BCUT2D eigenvalue weighted by Crippen LogP contribution is -2.65. The molecule has 0 amide bonds. The van der Waals surface area contributed by atoms with Gasteiger partial charge in [-0.2, -0.15) is 0 Å². The van der Waals surface area contributed by atoms with Crippen LogP contribution in [0.2, 0.25) is 177 Å². The molecule has 0 saturated carbocycles. The fourth-order valence-corrected chi connectivity index (χ4v) is 64.9. The van der Waals surface area contributed by atoms with Crippen LogP contribution < -0.4 is 0 Å². The van der Waals surface area contributed by atoms with Crippen molar-refractivity contribution in [2.45, 2.75) is 184 Å². The van der Waals surface area contributed by atoms with Gasteiger partial charge in [-0.25, -0.2) is 0 Å². The van der Waals surface area contributed by atoms with Crippen molar-refractivity contribution < 1.29 is 68.0 Å². The van der Waals surface area contributed by atoms with E-state index in [1.54, 1.807) is 29.9 Å². The van der Waals surface area contributed by atoms with Crippen molar-refractivity contribution in [3.05, 3.63) is 124 Å². The highest BCUT2D eigenvalue weighted by molar-refractivity contribution is 6.98. The first-order chi connectivity index (χ1) is 37.4. The lowest BCUT2D eigenvalue weighted by atomic mass is 11.2. The Kier molecular flexibility index (Phi) is 39.1. The van der Waals surface area contributed by atoms with Crippen molar-refractivity contribution in [1.29, 1.82) is 0 Å². The van der Waals surface area contributed by atoms with Gasteiger partial charge in [-0.05, 0) is 177 Å². The summed E-state index contributed by atoms with van der Waals surface area (Å²) in [5.41, 5.74) is 14.7. The first-order valence-electron chi connectivity index (χ1n) is 28.4. The van der Waals surface area contributed by atoms with Crippen LogP contribution in [0, 0.1) is 0 Å². The van der Waals surface area contributed by atoms with E-state index >= 15 is 0 Å². The van der Waals surface area contributed by atoms with E-state index in [9.17, 15) is 0 Å². The second-order valence-corrected chi connectivity index (χ2v) is 85.9. The molecule has 2 aliphatic heterocycles. The van der Waals surface area contributed by atoms with Crippen LogP contribution in [0.5, 0.6) is 0 Å². The maximum absolute atomic E-state index is 6.27. The first kappa shape index (κ1) is 91.3. The molecule has 2 unspecified atom stereocenters. The van der Waals surface area contributed by atoms with E-state index in [1.807, 2.05) is 62.1 Å². The summed E-state index contributed by atoms with van der Waals surface area (Å²) in [6.07, 6.45) is 5.61. The summed E-state index contributed by atoms with van der Waals surface area (Å²) in [5.74, 6) is 0. The average Bonchev–Trinajstić information content (AvgIpc) is 3.31. The Morgan fingerprint density at radius 3 is 0.906 bits per heavy atom. The summed E-state index contributed by atoms with van der Waals surface area (Å²) in [6.45, 7) is 94.1. The first-order valence-corrected chi connectivity index (χ1v) is 73.1. The fraction of sp³-hybridized carbons (Fsp3) is 0.623. The summed E-state index contributed by atoms with van der Waals surface area (Å²) < 4.78 is 96.2. The molecule has 2 aliphatic rings. The lowest BCUT2D eigenvalue weighted by Gasteiger charge is -2.46. The van der Waals surface area contributed by atoms with E-state index in [0.717, 1.165) is 6.23 Å². The monoisotopic (exact) mass is 1470 g/mol. The van der Waals surface area contributed by atoms with Crippen molar-refractivity contribution in [1.82, 2.24) is 0 Å². The van der Waals surface area contributed by atoms with Crippen molar-refractivity contribution >= 4 is 135 Å². The van der Waals surface area contributed by atoms with E-state index in [1.165, 1.54) is 12.5 Å². The van der Waals surface area contributed by atoms with Crippen LogP contribution in [-0.2, 0) is 68.0 Å². The molecule has 2 heterocycles. The van der Waals surface area contributed by atoms with Crippen LogP contribution in [0.15, 0.2) is 124 Å². The maximum atomic E-state index is 6.27. The second kappa shape index (κ2) is 36.4. The Morgan fingerprint density at radius 2 is 0.647 bits per heavy atom. The predicted octanol–water partition coefficient (Wildman–Crippen LogP) is 16.3. The molecule has 2 saturated heterocycles. The molecule has 0 spiro atoms. The van der Waals surface area contributed by atoms with E-state index < -0.39 is 135 Å². The largest absolute Gasteiger partial charge is 0.548 e. The van der Waals surface area contributed by atoms with Crippen molar-refractivity contribution in [3.8, 4) is 0 Å². The van der Waals surface area contributed by atoms with Gasteiger partial charge >= 0.3 is 77.0 Å². The molecule has 0 bridgehead atoms. The molecule has 0 aromatic carbocycles. The van der Waals surface area contributed by atoms with Crippen molar-refractivity contribution in [3.63, 3.8) is 0 Å². The molecule has 0 N–H and O–H groups in total. The molecule has 2 fully saturated rings. The summed E-state index contributed by atoms with van der Waals surface area (Å²) in [7, 11) is -31.6.